The van der Waals surface area contributed by atoms with E-state index in [4.69, 9.17) is 4.52 Å². The Morgan fingerprint density at radius 2 is 2.33 bits per heavy atom. The van der Waals surface area contributed by atoms with Gasteiger partial charge in [-0.15, -0.1) is 0 Å². The highest BCUT2D eigenvalue weighted by atomic mass is 32.1. The third-order valence-corrected chi connectivity index (χ3v) is 3.14. The molecule has 0 spiro atoms. The van der Waals surface area contributed by atoms with E-state index in [9.17, 15) is 10.1 Å². The number of aromatic nitrogens is 2. The Kier molecular flexibility index (Phi) is 3.68. The Morgan fingerprint density at radius 1 is 1.56 bits per heavy atom. The fourth-order valence-corrected chi connectivity index (χ4v) is 2.00. The fourth-order valence-electron chi connectivity index (χ4n) is 1.26. The van der Waals surface area contributed by atoms with Gasteiger partial charge in [0.1, 0.15) is 0 Å². The van der Waals surface area contributed by atoms with Gasteiger partial charge in [0.15, 0.2) is 5.82 Å². The van der Waals surface area contributed by atoms with E-state index >= 15 is 0 Å². The lowest BCUT2D eigenvalue weighted by Gasteiger charge is -2.02. The van der Waals surface area contributed by atoms with Crippen LogP contribution < -0.4 is 5.32 Å². The predicted octanol–water partition coefficient (Wildman–Crippen LogP) is 2.20. The van der Waals surface area contributed by atoms with Crippen molar-refractivity contribution in [2.45, 2.75) is 26.4 Å². The Morgan fingerprint density at radius 3 is 2.94 bits per heavy atom. The van der Waals surface area contributed by atoms with Gasteiger partial charge >= 0.3 is 5.00 Å². The van der Waals surface area contributed by atoms with Gasteiger partial charge in [-0.2, -0.15) is 4.98 Å². The summed E-state index contributed by atoms with van der Waals surface area (Å²) in [7, 11) is 0. The van der Waals surface area contributed by atoms with Crippen LogP contribution in [0.4, 0.5) is 5.00 Å². The maximum Gasteiger partial charge on any atom is 0.324 e. The van der Waals surface area contributed by atoms with E-state index in [1.165, 1.54) is 6.07 Å². The molecule has 0 bridgehead atoms. The summed E-state index contributed by atoms with van der Waals surface area (Å²) in [6.07, 6.45) is 0. The number of hydrogen-bond donors (Lipinski definition) is 1. The molecule has 0 saturated carbocycles. The highest BCUT2D eigenvalue weighted by molar-refractivity contribution is 7.18. The molecule has 0 unspecified atom stereocenters. The van der Waals surface area contributed by atoms with Crippen LogP contribution in [0.3, 0.4) is 0 Å². The standard InChI is InChI=1S/C10H12N4O3S/c1-6(2)11-5-8-12-10(17-13-8)7-3-4-9(18-7)14(15)16/h3-4,6,11H,5H2,1-2H3. The summed E-state index contributed by atoms with van der Waals surface area (Å²) in [6.45, 7) is 4.54. The topological polar surface area (TPSA) is 94.1 Å². The van der Waals surface area contributed by atoms with Crippen LogP contribution in [-0.2, 0) is 6.54 Å². The van der Waals surface area contributed by atoms with Crippen molar-refractivity contribution in [3.8, 4) is 10.8 Å². The third kappa shape index (κ3) is 2.90. The quantitative estimate of drug-likeness (QED) is 0.660. The van der Waals surface area contributed by atoms with Gasteiger partial charge in [0.2, 0.25) is 0 Å². The van der Waals surface area contributed by atoms with Crippen LogP contribution in [-0.4, -0.2) is 21.1 Å². The lowest BCUT2D eigenvalue weighted by atomic mass is 10.4. The first-order valence-corrected chi connectivity index (χ1v) is 6.18. The Bertz CT molecular complexity index is 549. The van der Waals surface area contributed by atoms with Gasteiger partial charge in [0, 0.05) is 12.1 Å². The van der Waals surface area contributed by atoms with Crippen LogP contribution >= 0.6 is 11.3 Å². The van der Waals surface area contributed by atoms with Crippen LogP contribution in [0.25, 0.3) is 10.8 Å². The molecule has 8 heteroatoms. The highest BCUT2D eigenvalue weighted by Gasteiger charge is 2.16. The smallest absolute Gasteiger partial charge is 0.324 e. The van der Waals surface area contributed by atoms with E-state index in [1.807, 2.05) is 13.8 Å². The Labute approximate surface area is 107 Å². The summed E-state index contributed by atoms with van der Waals surface area (Å²) in [5, 5.41) is 17.6. The van der Waals surface area contributed by atoms with E-state index in [2.05, 4.69) is 15.5 Å². The summed E-state index contributed by atoms with van der Waals surface area (Å²) >= 11 is 1.02. The minimum atomic E-state index is -0.439. The Hall–Kier alpha value is -1.80. The summed E-state index contributed by atoms with van der Waals surface area (Å²) in [5.41, 5.74) is 0. The molecule has 2 aromatic rings. The van der Waals surface area contributed by atoms with Crippen LogP contribution in [0.2, 0.25) is 0 Å². The lowest BCUT2D eigenvalue weighted by Crippen LogP contribution is -2.22. The van der Waals surface area contributed by atoms with Crippen LogP contribution in [0.1, 0.15) is 19.7 Å². The number of thiophene rings is 1. The first-order valence-electron chi connectivity index (χ1n) is 5.37. The molecule has 0 amide bonds. The van der Waals surface area contributed by atoms with Gasteiger partial charge in [0.25, 0.3) is 5.89 Å². The number of nitrogens with zero attached hydrogens (tertiary/aromatic N) is 3. The average molecular weight is 268 g/mol. The number of nitro groups is 1. The zero-order chi connectivity index (χ0) is 13.1. The van der Waals surface area contributed by atoms with Crippen LogP contribution in [0, 0.1) is 10.1 Å². The van der Waals surface area contributed by atoms with Gasteiger partial charge in [0.05, 0.1) is 16.3 Å². The molecule has 0 fully saturated rings. The molecule has 1 N–H and O–H groups in total. The summed E-state index contributed by atoms with van der Waals surface area (Å²) in [6, 6.07) is 3.36. The van der Waals surface area contributed by atoms with E-state index in [0.717, 1.165) is 11.3 Å². The summed E-state index contributed by atoms with van der Waals surface area (Å²) in [5.74, 6) is 0.850. The van der Waals surface area contributed by atoms with Crippen molar-refractivity contribution < 1.29 is 9.45 Å². The SMILES string of the molecule is CC(C)NCc1noc(-c2ccc([N+](=O)[O-])s2)n1. The van der Waals surface area contributed by atoms with Crippen molar-refractivity contribution in [1.82, 2.24) is 15.5 Å². The van der Waals surface area contributed by atoms with Gasteiger partial charge in [-0.3, -0.25) is 10.1 Å². The highest BCUT2D eigenvalue weighted by Crippen LogP contribution is 2.31. The largest absolute Gasteiger partial charge is 0.333 e. The molecule has 2 rings (SSSR count). The van der Waals surface area contributed by atoms with E-state index < -0.39 is 4.92 Å². The van der Waals surface area contributed by atoms with Crippen molar-refractivity contribution in [3.63, 3.8) is 0 Å². The number of hydrogen-bond acceptors (Lipinski definition) is 7. The molecule has 0 radical (unpaired) electrons. The maximum atomic E-state index is 10.6. The van der Waals surface area contributed by atoms with Gasteiger partial charge in [-0.1, -0.05) is 30.3 Å². The third-order valence-electron chi connectivity index (χ3n) is 2.12. The first-order chi connectivity index (χ1) is 8.56. The molecule has 0 saturated heterocycles. The van der Waals surface area contributed by atoms with Gasteiger partial charge in [-0.25, -0.2) is 0 Å². The van der Waals surface area contributed by atoms with E-state index in [-0.39, 0.29) is 5.00 Å². The molecule has 0 aliphatic rings. The zero-order valence-electron chi connectivity index (χ0n) is 9.91. The second-order valence-electron chi connectivity index (χ2n) is 3.95. The fraction of sp³-hybridized carbons (Fsp3) is 0.400. The summed E-state index contributed by atoms with van der Waals surface area (Å²) < 4.78 is 5.06. The monoisotopic (exact) mass is 268 g/mol. The first kappa shape index (κ1) is 12.7. The Balaban J connectivity index is 2.11. The molecule has 0 aliphatic carbocycles. The molecule has 0 aromatic carbocycles. The molecule has 0 aliphatic heterocycles. The molecule has 7 nitrogen and oxygen atoms in total. The van der Waals surface area contributed by atoms with Crippen molar-refractivity contribution in [3.05, 3.63) is 28.1 Å². The number of rotatable bonds is 5. The molecular weight excluding hydrogens is 256 g/mol. The minimum Gasteiger partial charge on any atom is -0.333 e. The van der Waals surface area contributed by atoms with Gasteiger partial charge in [-0.05, 0) is 6.07 Å². The van der Waals surface area contributed by atoms with Crippen molar-refractivity contribution >= 4 is 16.3 Å². The number of nitrogens with one attached hydrogen (secondary N) is 1. The van der Waals surface area contributed by atoms with Crippen molar-refractivity contribution in [2.75, 3.05) is 0 Å². The van der Waals surface area contributed by atoms with Gasteiger partial charge < -0.3 is 9.84 Å². The molecule has 0 atom stereocenters. The van der Waals surface area contributed by atoms with Crippen molar-refractivity contribution in [1.29, 1.82) is 0 Å². The second kappa shape index (κ2) is 5.23. The zero-order valence-corrected chi connectivity index (χ0v) is 10.7. The van der Waals surface area contributed by atoms with E-state index in [1.54, 1.807) is 6.07 Å². The maximum absolute atomic E-state index is 10.6. The molecule has 96 valence electrons. The molecular formula is C10H12N4O3S. The van der Waals surface area contributed by atoms with Crippen LogP contribution in [0.15, 0.2) is 16.7 Å². The minimum absolute atomic E-state index is 0.0602. The average Bonchev–Trinajstić information content (AvgIpc) is 2.95. The molecule has 2 heterocycles. The van der Waals surface area contributed by atoms with E-state index in [0.29, 0.717) is 29.2 Å². The second-order valence-corrected chi connectivity index (χ2v) is 5.01. The predicted molar refractivity (Wildman–Crippen MR) is 66.2 cm³/mol. The molecule has 2 aromatic heterocycles. The molecule has 18 heavy (non-hydrogen) atoms. The lowest BCUT2D eigenvalue weighted by molar-refractivity contribution is -0.380. The van der Waals surface area contributed by atoms with Crippen molar-refractivity contribution in [2.24, 2.45) is 0 Å². The van der Waals surface area contributed by atoms with Crippen LogP contribution in [0.5, 0.6) is 0 Å². The normalized spacial score (nSPS) is 11.1. The summed E-state index contributed by atoms with van der Waals surface area (Å²) in [4.78, 5) is 14.9.